The van der Waals surface area contributed by atoms with Crippen LogP contribution in [-0.2, 0) is 11.3 Å². The molecule has 0 fully saturated rings. The van der Waals surface area contributed by atoms with Crippen LogP contribution in [0.2, 0.25) is 0 Å². The van der Waals surface area contributed by atoms with Crippen molar-refractivity contribution in [3.8, 4) is 0 Å². The molecule has 1 unspecified atom stereocenters. The van der Waals surface area contributed by atoms with E-state index in [1.807, 2.05) is 24.4 Å². The number of nitrogens with zero attached hydrogens (tertiary/aromatic N) is 1. The molecule has 0 aliphatic heterocycles. The van der Waals surface area contributed by atoms with Crippen molar-refractivity contribution in [2.75, 3.05) is 6.54 Å². The van der Waals surface area contributed by atoms with Crippen molar-refractivity contribution in [3.05, 3.63) is 22.4 Å². The van der Waals surface area contributed by atoms with E-state index >= 15 is 0 Å². The molecule has 1 N–H and O–H groups in total. The quantitative estimate of drug-likeness (QED) is 0.858. The minimum Gasteiger partial charge on any atom is -0.320 e. The number of nitrogens with one attached hydrogen (secondary N) is 1. The fourth-order valence-electron chi connectivity index (χ4n) is 1.20. The van der Waals surface area contributed by atoms with Crippen LogP contribution in [0.5, 0.6) is 0 Å². The molecule has 1 rings (SSSR count). The van der Waals surface area contributed by atoms with Crippen LogP contribution < -0.4 is 5.32 Å². The molecule has 3 amide bonds. The van der Waals surface area contributed by atoms with Crippen molar-refractivity contribution in [1.82, 2.24) is 10.2 Å². The first-order valence-electron chi connectivity index (χ1n) is 5.30. The van der Waals surface area contributed by atoms with Gasteiger partial charge in [0.15, 0.2) is 0 Å². The highest BCUT2D eigenvalue weighted by molar-refractivity contribution is 7.09. The van der Waals surface area contributed by atoms with Crippen LogP contribution in [0, 0.1) is 0 Å². The second-order valence-corrected chi connectivity index (χ2v) is 5.19. The lowest BCUT2D eigenvalue weighted by Gasteiger charge is -2.20. The summed E-state index contributed by atoms with van der Waals surface area (Å²) in [6, 6.07) is 3.48. The summed E-state index contributed by atoms with van der Waals surface area (Å²) >= 11 is 7.16. The molecule has 1 heterocycles. The van der Waals surface area contributed by atoms with Gasteiger partial charge >= 0.3 is 6.03 Å². The Bertz CT molecular complexity index is 379. The Kier molecular flexibility index (Phi) is 5.44. The van der Waals surface area contributed by atoms with E-state index in [0.29, 0.717) is 13.1 Å². The third-order valence-electron chi connectivity index (χ3n) is 2.19. The average molecular weight is 275 g/mol. The molecular formula is C11H15ClN2O2S. The fraction of sp³-hybridized carbons (Fsp3) is 0.455. The molecule has 1 atom stereocenters. The smallest absolute Gasteiger partial charge is 0.320 e. The molecular weight excluding hydrogens is 260 g/mol. The Morgan fingerprint density at radius 2 is 2.29 bits per heavy atom. The molecule has 0 aromatic carbocycles. The van der Waals surface area contributed by atoms with Gasteiger partial charge in [0.25, 0.3) is 0 Å². The molecule has 0 aliphatic carbocycles. The maximum atomic E-state index is 11.8. The maximum absolute atomic E-state index is 11.8. The highest BCUT2D eigenvalue weighted by Gasteiger charge is 2.18. The summed E-state index contributed by atoms with van der Waals surface area (Å²) < 4.78 is 0. The Balaban J connectivity index is 2.55. The van der Waals surface area contributed by atoms with Gasteiger partial charge in [-0.3, -0.25) is 10.1 Å². The predicted molar refractivity (Wildman–Crippen MR) is 69.3 cm³/mol. The van der Waals surface area contributed by atoms with Crippen molar-refractivity contribution < 1.29 is 9.59 Å². The molecule has 1 aromatic rings. The van der Waals surface area contributed by atoms with Gasteiger partial charge in [0.05, 0.1) is 6.54 Å². The first kappa shape index (κ1) is 14.0. The van der Waals surface area contributed by atoms with Crippen molar-refractivity contribution >= 4 is 34.9 Å². The number of thiophene rings is 1. The highest BCUT2D eigenvalue weighted by Crippen LogP contribution is 2.11. The standard InChI is InChI=1S/C11H15ClN2O2S/c1-3-14(7-9-5-4-6-17-9)11(16)13-10(15)8(2)12/h4-6,8H,3,7H2,1-2H3,(H,13,15,16). The van der Waals surface area contributed by atoms with Gasteiger partial charge in [-0.05, 0) is 25.3 Å². The van der Waals surface area contributed by atoms with E-state index < -0.39 is 17.3 Å². The summed E-state index contributed by atoms with van der Waals surface area (Å²) in [7, 11) is 0. The minimum atomic E-state index is -0.709. The van der Waals surface area contributed by atoms with Gasteiger partial charge < -0.3 is 4.90 Å². The largest absolute Gasteiger partial charge is 0.324 e. The van der Waals surface area contributed by atoms with Crippen molar-refractivity contribution in [1.29, 1.82) is 0 Å². The van der Waals surface area contributed by atoms with Gasteiger partial charge in [-0.25, -0.2) is 4.79 Å². The summed E-state index contributed by atoms with van der Waals surface area (Å²) in [6.45, 7) is 4.43. The number of carbonyl (C=O) groups excluding carboxylic acids is 2. The summed E-state index contributed by atoms with van der Waals surface area (Å²) in [6.07, 6.45) is 0. The topological polar surface area (TPSA) is 49.4 Å². The summed E-state index contributed by atoms with van der Waals surface area (Å²) in [5, 5.41) is 3.51. The number of halogens is 1. The molecule has 1 aromatic heterocycles. The van der Waals surface area contributed by atoms with Gasteiger partial charge in [-0.1, -0.05) is 6.07 Å². The average Bonchev–Trinajstić information content (AvgIpc) is 2.78. The van der Waals surface area contributed by atoms with Crippen molar-refractivity contribution in [3.63, 3.8) is 0 Å². The zero-order chi connectivity index (χ0) is 12.8. The molecule has 94 valence electrons. The molecule has 0 spiro atoms. The molecule has 17 heavy (non-hydrogen) atoms. The van der Waals surface area contributed by atoms with Crippen LogP contribution in [0.15, 0.2) is 17.5 Å². The molecule has 4 nitrogen and oxygen atoms in total. The van der Waals surface area contributed by atoms with Crippen LogP contribution in [0.25, 0.3) is 0 Å². The van der Waals surface area contributed by atoms with Gasteiger partial charge in [0.1, 0.15) is 5.38 Å². The Labute approximate surface area is 110 Å². The minimum absolute atomic E-state index is 0.404. The third kappa shape index (κ3) is 4.36. The van der Waals surface area contributed by atoms with Crippen molar-refractivity contribution in [2.45, 2.75) is 25.8 Å². The first-order valence-corrected chi connectivity index (χ1v) is 6.62. The summed E-state index contributed by atoms with van der Waals surface area (Å²) in [4.78, 5) is 25.7. The number of amides is 3. The lowest BCUT2D eigenvalue weighted by atomic mass is 10.4. The molecule has 0 radical (unpaired) electrons. The van der Waals surface area contributed by atoms with E-state index in [0.717, 1.165) is 4.88 Å². The van der Waals surface area contributed by atoms with Crippen LogP contribution in [0.1, 0.15) is 18.7 Å². The van der Waals surface area contributed by atoms with Crippen LogP contribution in [0.3, 0.4) is 0 Å². The van der Waals surface area contributed by atoms with Gasteiger partial charge in [0, 0.05) is 11.4 Å². The number of hydrogen-bond donors (Lipinski definition) is 1. The zero-order valence-corrected chi connectivity index (χ0v) is 11.3. The predicted octanol–water partition coefficient (Wildman–Crippen LogP) is 2.43. The number of urea groups is 1. The van der Waals surface area contributed by atoms with Crippen LogP contribution in [0.4, 0.5) is 4.79 Å². The monoisotopic (exact) mass is 274 g/mol. The van der Waals surface area contributed by atoms with Crippen LogP contribution >= 0.6 is 22.9 Å². The number of carbonyl (C=O) groups is 2. The van der Waals surface area contributed by atoms with E-state index in [2.05, 4.69) is 5.32 Å². The Hall–Kier alpha value is -1.07. The van der Waals surface area contributed by atoms with E-state index in [4.69, 9.17) is 11.6 Å². The van der Waals surface area contributed by atoms with Gasteiger partial charge in [-0.15, -0.1) is 22.9 Å². The van der Waals surface area contributed by atoms with Crippen molar-refractivity contribution in [2.24, 2.45) is 0 Å². The second kappa shape index (κ2) is 6.61. The molecule has 0 saturated heterocycles. The highest BCUT2D eigenvalue weighted by atomic mass is 35.5. The maximum Gasteiger partial charge on any atom is 0.324 e. The van der Waals surface area contributed by atoms with Gasteiger partial charge in [0.2, 0.25) is 5.91 Å². The van der Waals surface area contributed by atoms with Crippen LogP contribution in [-0.4, -0.2) is 28.8 Å². The number of hydrogen-bond acceptors (Lipinski definition) is 3. The van der Waals surface area contributed by atoms with E-state index in [9.17, 15) is 9.59 Å². The SMILES string of the molecule is CCN(Cc1cccs1)C(=O)NC(=O)C(C)Cl. The van der Waals surface area contributed by atoms with E-state index in [1.54, 1.807) is 16.2 Å². The number of imide groups is 1. The summed E-state index contributed by atoms with van der Waals surface area (Å²) in [5.74, 6) is -0.471. The van der Waals surface area contributed by atoms with E-state index in [-0.39, 0.29) is 0 Å². The number of rotatable bonds is 4. The second-order valence-electron chi connectivity index (χ2n) is 3.50. The first-order chi connectivity index (χ1) is 8.04. The normalized spacial score (nSPS) is 11.9. The lowest BCUT2D eigenvalue weighted by molar-refractivity contribution is -0.119. The lowest BCUT2D eigenvalue weighted by Crippen LogP contribution is -2.44. The molecule has 6 heteroatoms. The van der Waals surface area contributed by atoms with Gasteiger partial charge in [-0.2, -0.15) is 0 Å². The molecule has 0 saturated carbocycles. The Morgan fingerprint density at radius 3 is 2.76 bits per heavy atom. The fourth-order valence-corrected chi connectivity index (χ4v) is 1.98. The molecule has 0 aliphatic rings. The number of alkyl halides is 1. The zero-order valence-electron chi connectivity index (χ0n) is 9.77. The molecule has 0 bridgehead atoms. The van der Waals surface area contributed by atoms with E-state index in [1.165, 1.54) is 6.92 Å². The Morgan fingerprint density at radius 1 is 1.59 bits per heavy atom. The third-order valence-corrected chi connectivity index (χ3v) is 3.25. The summed E-state index contributed by atoms with van der Waals surface area (Å²) in [5.41, 5.74) is 0.